The van der Waals surface area contributed by atoms with Gasteiger partial charge in [-0.25, -0.2) is 4.79 Å². The summed E-state index contributed by atoms with van der Waals surface area (Å²) in [5.41, 5.74) is 1.44. The zero-order valence-corrected chi connectivity index (χ0v) is 14.4. The molecule has 1 aromatic carbocycles. The highest BCUT2D eigenvalue weighted by Gasteiger charge is 2.22. The molecular formula is C19H30O4. The zero-order valence-electron chi connectivity index (χ0n) is 14.4. The fraction of sp³-hybridized carbons (Fsp3) is 0.632. The molecule has 0 aliphatic heterocycles. The molecule has 23 heavy (non-hydrogen) atoms. The van der Waals surface area contributed by atoms with E-state index in [1.807, 2.05) is 0 Å². The summed E-state index contributed by atoms with van der Waals surface area (Å²) in [7, 11) is 0. The molecule has 4 nitrogen and oxygen atoms in total. The Morgan fingerprint density at radius 3 is 2.00 bits per heavy atom. The molecule has 3 N–H and O–H groups in total. The second-order valence-corrected chi connectivity index (χ2v) is 6.18. The van der Waals surface area contributed by atoms with E-state index >= 15 is 0 Å². The van der Waals surface area contributed by atoms with Gasteiger partial charge in [-0.1, -0.05) is 52.4 Å². The molecule has 130 valence electrons. The van der Waals surface area contributed by atoms with Crippen LogP contribution in [0.25, 0.3) is 0 Å². The van der Waals surface area contributed by atoms with E-state index < -0.39 is 11.7 Å². The van der Waals surface area contributed by atoms with Gasteiger partial charge in [0.15, 0.2) is 11.5 Å². The Hall–Kier alpha value is -1.71. The summed E-state index contributed by atoms with van der Waals surface area (Å²) >= 11 is 0. The van der Waals surface area contributed by atoms with Gasteiger partial charge < -0.3 is 15.3 Å². The monoisotopic (exact) mass is 322 g/mol. The number of aromatic carboxylic acids is 1. The van der Waals surface area contributed by atoms with E-state index in [1.165, 1.54) is 0 Å². The number of rotatable bonds is 11. The zero-order chi connectivity index (χ0) is 17.2. The maximum Gasteiger partial charge on any atom is 0.339 e. The van der Waals surface area contributed by atoms with Crippen LogP contribution < -0.4 is 0 Å². The van der Waals surface area contributed by atoms with Gasteiger partial charge in [0, 0.05) is 0 Å². The van der Waals surface area contributed by atoms with Crippen LogP contribution in [0, 0.1) is 0 Å². The second kappa shape index (κ2) is 10.1. The number of aromatic hydroxyl groups is 2. The van der Waals surface area contributed by atoms with Gasteiger partial charge in [0.25, 0.3) is 0 Å². The number of carboxylic acid groups (broad SMARTS) is 1. The van der Waals surface area contributed by atoms with Gasteiger partial charge in [-0.15, -0.1) is 0 Å². The Labute approximate surface area is 139 Å². The Kier molecular flexibility index (Phi) is 8.52. The molecule has 1 aromatic rings. The molecule has 0 spiro atoms. The number of phenolic OH excluding ortho intramolecular Hbond substituents is 1. The minimum atomic E-state index is -1.17. The molecule has 0 aromatic heterocycles. The Morgan fingerprint density at radius 1 is 0.913 bits per heavy atom. The maximum atomic E-state index is 11.5. The minimum Gasteiger partial charge on any atom is -0.504 e. The summed E-state index contributed by atoms with van der Waals surface area (Å²) in [6.45, 7) is 4.28. The van der Waals surface area contributed by atoms with Crippen molar-refractivity contribution in [2.75, 3.05) is 0 Å². The number of phenols is 2. The first-order chi connectivity index (χ1) is 11.0. The molecule has 0 atom stereocenters. The molecule has 1 rings (SSSR count). The van der Waals surface area contributed by atoms with Crippen LogP contribution >= 0.6 is 0 Å². The molecule has 0 saturated heterocycles. The first-order valence-corrected chi connectivity index (χ1v) is 8.82. The highest BCUT2D eigenvalue weighted by Crippen LogP contribution is 2.36. The predicted octanol–water partition coefficient (Wildman–Crippen LogP) is 5.04. The topological polar surface area (TPSA) is 77.8 Å². The number of hydrogen-bond donors (Lipinski definition) is 3. The first kappa shape index (κ1) is 19.3. The number of carbonyl (C=O) groups is 1. The van der Waals surface area contributed by atoms with E-state index in [-0.39, 0.29) is 11.3 Å². The molecule has 0 heterocycles. The third kappa shape index (κ3) is 5.77. The lowest BCUT2D eigenvalue weighted by Gasteiger charge is -2.15. The standard InChI is InChI=1S/C19H30O4/c1-3-5-7-9-11-14-13-16(20)18(21)17(19(22)23)15(14)12-10-8-6-4-2/h13,20-21H,3-12H2,1-2H3,(H,22,23). The van der Waals surface area contributed by atoms with E-state index in [0.29, 0.717) is 12.0 Å². The van der Waals surface area contributed by atoms with Crippen molar-refractivity contribution in [1.82, 2.24) is 0 Å². The summed E-state index contributed by atoms with van der Waals surface area (Å²) in [6.07, 6.45) is 9.94. The number of benzene rings is 1. The minimum absolute atomic E-state index is 0.119. The molecule has 0 aliphatic rings. The third-order valence-corrected chi connectivity index (χ3v) is 4.27. The van der Waals surface area contributed by atoms with Gasteiger partial charge in [-0.3, -0.25) is 0 Å². The van der Waals surface area contributed by atoms with Crippen LogP contribution in [-0.4, -0.2) is 21.3 Å². The molecule has 0 fully saturated rings. The van der Waals surface area contributed by atoms with Gasteiger partial charge in [0.1, 0.15) is 5.56 Å². The van der Waals surface area contributed by atoms with E-state index in [2.05, 4.69) is 13.8 Å². The molecule has 0 amide bonds. The molecule has 4 heteroatoms. The van der Waals surface area contributed by atoms with Crippen LogP contribution in [0.2, 0.25) is 0 Å². The van der Waals surface area contributed by atoms with E-state index in [4.69, 9.17) is 0 Å². The predicted molar refractivity (Wildman–Crippen MR) is 92.4 cm³/mol. The summed E-state index contributed by atoms with van der Waals surface area (Å²) in [5.74, 6) is -2.00. The van der Waals surface area contributed by atoms with Gasteiger partial charge >= 0.3 is 5.97 Å². The smallest absolute Gasteiger partial charge is 0.339 e. The molecule has 0 aliphatic carbocycles. The van der Waals surface area contributed by atoms with Crippen molar-refractivity contribution in [3.05, 3.63) is 22.8 Å². The fourth-order valence-corrected chi connectivity index (χ4v) is 2.96. The van der Waals surface area contributed by atoms with Crippen LogP contribution in [0.4, 0.5) is 0 Å². The number of carboxylic acids is 1. The summed E-state index contributed by atoms with van der Waals surface area (Å²) in [6, 6.07) is 1.54. The molecule has 0 radical (unpaired) electrons. The Morgan fingerprint density at radius 2 is 1.48 bits per heavy atom. The molecule has 0 unspecified atom stereocenters. The number of aryl methyl sites for hydroxylation is 1. The summed E-state index contributed by atoms with van der Waals surface area (Å²) < 4.78 is 0. The van der Waals surface area contributed by atoms with Crippen molar-refractivity contribution >= 4 is 5.97 Å². The van der Waals surface area contributed by atoms with Gasteiger partial charge in [-0.2, -0.15) is 0 Å². The molecular weight excluding hydrogens is 292 g/mol. The average Bonchev–Trinajstić information content (AvgIpc) is 2.51. The summed E-state index contributed by atoms with van der Waals surface area (Å²) in [4.78, 5) is 11.5. The van der Waals surface area contributed by atoms with E-state index in [9.17, 15) is 20.1 Å². The highest BCUT2D eigenvalue weighted by molar-refractivity contribution is 5.94. The van der Waals surface area contributed by atoms with Gasteiger partial charge in [-0.05, 0) is 42.9 Å². The third-order valence-electron chi connectivity index (χ3n) is 4.27. The lowest BCUT2D eigenvalue weighted by molar-refractivity contribution is 0.0691. The fourth-order valence-electron chi connectivity index (χ4n) is 2.96. The SMILES string of the molecule is CCCCCCc1cc(O)c(O)c(C(=O)O)c1CCCCCC. The summed E-state index contributed by atoms with van der Waals surface area (Å²) in [5, 5.41) is 29.2. The highest BCUT2D eigenvalue weighted by atomic mass is 16.4. The lowest BCUT2D eigenvalue weighted by atomic mass is 9.91. The van der Waals surface area contributed by atoms with Crippen LogP contribution in [0.15, 0.2) is 6.07 Å². The van der Waals surface area contributed by atoms with Crippen molar-refractivity contribution < 1.29 is 20.1 Å². The van der Waals surface area contributed by atoms with Crippen LogP contribution in [0.1, 0.15) is 86.7 Å². The van der Waals surface area contributed by atoms with Crippen molar-refractivity contribution in [2.24, 2.45) is 0 Å². The quantitative estimate of drug-likeness (QED) is 0.394. The maximum absolute atomic E-state index is 11.5. The normalized spacial score (nSPS) is 10.9. The average molecular weight is 322 g/mol. The van der Waals surface area contributed by atoms with E-state index in [0.717, 1.165) is 63.4 Å². The molecule has 0 saturated carbocycles. The van der Waals surface area contributed by atoms with Crippen LogP contribution in [0.3, 0.4) is 0 Å². The van der Waals surface area contributed by atoms with Gasteiger partial charge in [0.2, 0.25) is 0 Å². The Bertz CT molecular complexity index is 509. The van der Waals surface area contributed by atoms with Crippen LogP contribution in [-0.2, 0) is 12.8 Å². The Balaban J connectivity index is 3.01. The number of hydrogen-bond acceptors (Lipinski definition) is 3. The van der Waals surface area contributed by atoms with Crippen molar-refractivity contribution in [3.63, 3.8) is 0 Å². The first-order valence-electron chi connectivity index (χ1n) is 8.82. The largest absolute Gasteiger partial charge is 0.504 e. The number of unbranched alkanes of at least 4 members (excludes halogenated alkanes) is 6. The van der Waals surface area contributed by atoms with Crippen molar-refractivity contribution in [2.45, 2.75) is 78.1 Å². The van der Waals surface area contributed by atoms with Crippen molar-refractivity contribution in [3.8, 4) is 11.5 Å². The van der Waals surface area contributed by atoms with E-state index in [1.54, 1.807) is 6.07 Å². The second-order valence-electron chi connectivity index (χ2n) is 6.18. The molecule has 0 bridgehead atoms. The lowest BCUT2D eigenvalue weighted by Crippen LogP contribution is -2.07. The van der Waals surface area contributed by atoms with Crippen molar-refractivity contribution in [1.29, 1.82) is 0 Å². The van der Waals surface area contributed by atoms with Crippen LogP contribution in [0.5, 0.6) is 11.5 Å². The van der Waals surface area contributed by atoms with Gasteiger partial charge in [0.05, 0.1) is 0 Å².